The SMILES string of the molecule is CCc1c(OC)cc([C@@H](O)[C@H](CC2Cc3ccccc3C2)Cn2cccc2)cc1OC. The quantitative estimate of drug-likeness (QED) is 0.517. The molecule has 31 heavy (non-hydrogen) atoms. The van der Waals surface area contributed by atoms with E-state index in [2.05, 4.69) is 48.1 Å². The molecule has 0 radical (unpaired) electrons. The fourth-order valence-electron chi connectivity index (χ4n) is 5.11. The first-order valence-electron chi connectivity index (χ1n) is 11.2. The number of aliphatic hydroxyl groups excluding tert-OH is 1. The van der Waals surface area contributed by atoms with Gasteiger partial charge in [0, 0.05) is 30.4 Å². The Morgan fingerprint density at radius 1 is 0.968 bits per heavy atom. The molecule has 1 heterocycles. The van der Waals surface area contributed by atoms with E-state index in [-0.39, 0.29) is 5.92 Å². The Morgan fingerprint density at radius 3 is 2.06 bits per heavy atom. The minimum absolute atomic E-state index is 0.0913. The second-order valence-electron chi connectivity index (χ2n) is 8.62. The average Bonchev–Trinajstić information content (AvgIpc) is 3.46. The molecule has 1 aromatic heterocycles. The van der Waals surface area contributed by atoms with Gasteiger partial charge in [-0.05, 0) is 72.6 Å². The fourth-order valence-corrected chi connectivity index (χ4v) is 5.11. The van der Waals surface area contributed by atoms with Crippen LogP contribution in [0.4, 0.5) is 0 Å². The first-order chi connectivity index (χ1) is 15.1. The van der Waals surface area contributed by atoms with Gasteiger partial charge >= 0.3 is 0 Å². The number of ether oxygens (including phenoxy) is 2. The number of hydrogen-bond donors (Lipinski definition) is 1. The largest absolute Gasteiger partial charge is 0.496 e. The van der Waals surface area contributed by atoms with Crippen molar-refractivity contribution in [3.63, 3.8) is 0 Å². The molecule has 1 aliphatic rings. The molecule has 4 rings (SSSR count). The van der Waals surface area contributed by atoms with Gasteiger partial charge in [0.2, 0.25) is 0 Å². The van der Waals surface area contributed by atoms with Gasteiger partial charge in [-0.3, -0.25) is 0 Å². The van der Waals surface area contributed by atoms with Gasteiger partial charge in [0.25, 0.3) is 0 Å². The first-order valence-corrected chi connectivity index (χ1v) is 11.2. The second kappa shape index (κ2) is 9.61. The van der Waals surface area contributed by atoms with E-state index in [4.69, 9.17) is 9.47 Å². The number of rotatable bonds is 9. The summed E-state index contributed by atoms with van der Waals surface area (Å²) in [6, 6.07) is 16.8. The van der Waals surface area contributed by atoms with E-state index in [1.807, 2.05) is 24.3 Å². The molecule has 0 saturated carbocycles. The minimum atomic E-state index is -0.597. The van der Waals surface area contributed by atoms with Crippen LogP contribution in [0.15, 0.2) is 60.9 Å². The van der Waals surface area contributed by atoms with Crippen molar-refractivity contribution in [1.82, 2.24) is 4.57 Å². The normalized spacial score (nSPS) is 15.5. The first kappa shape index (κ1) is 21.5. The summed E-state index contributed by atoms with van der Waals surface area (Å²) in [5.74, 6) is 2.20. The van der Waals surface area contributed by atoms with E-state index in [1.165, 1.54) is 11.1 Å². The lowest BCUT2D eigenvalue weighted by atomic mass is 9.85. The van der Waals surface area contributed by atoms with Crippen LogP contribution in [0.3, 0.4) is 0 Å². The maximum absolute atomic E-state index is 11.5. The van der Waals surface area contributed by atoms with Gasteiger partial charge in [-0.15, -0.1) is 0 Å². The summed E-state index contributed by atoms with van der Waals surface area (Å²) in [4.78, 5) is 0. The van der Waals surface area contributed by atoms with Crippen LogP contribution in [-0.2, 0) is 25.8 Å². The highest BCUT2D eigenvalue weighted by Gasteiger charge is 2.30. The van der Waals surface area contributed by atoms with E-state index in [0.717, 1.165) is 54.9 Å². The molecule has 164 valence electrons. The molecule has 0 spiro atoms. The van der Waals surface area contributed by atoms with Crippen LogP contribution < -0.4 is 9.47 Å². The van der Waals surface area contributed by atoms with Crippen LogP contribution in [-0.4, -0.2) is 23.9 Å². The molecule has 2 atom stereocenters. The van der Waals surface area contributed by atoms with Crippen molar-refractivity contribution in [3.05, 3.63) is 83.2 Å². The molecule has 1 aliphatic carbocycles. The fraction of sp³-hybridized carbons (Fsp3) is 0.407. The molecular formula is C27H33NO3. The van der Waals surface area contributed by atoms with Crippen LogP contribution in [0.2, 0.25) is 0 Å². The number of hydrogen-bond acceptors (Lipinski definition) is 3. The summed E-state index contributed by atoms with van der Waals surface area (Å²) in [7, 11) is 3.36. The predicted octanol–water partition coefficient (Wildman–Crippen LogP) is 5.22. The summed E-state index contributed by atoms with van der Waals surface area (Å²) in [6.45, 7) is 2.87. The maximum atomic E-state index is 11.5. The van der Waals surface area contributed by atoms with Gasteiger partial charge < -0.3 is 19.1 Å². The van der Waals surface area contributed by atoms with Gasteiger partial charge in [-0.1, -0.05) is 31.2 Å². The predicted molar refractivity (Wildman–Crippen MR) is 124 cm³/mol. The van der Waals surface area contributed by atoms with Gasteiger partial charge in [-0.25, -0.2) is 0 Å². The molecule has 4 heteroatoms. The van der Waals surface area contributed by atoms with Crippen molar-refractivity contribution in [2.45, 2.75) is 45.3 Å². The highest BCUT2D eigenvalue weighted by atomic mass is 16.5. The molecule has 0 amide bonds. The zero-order chi connectivity index (χ0) is 21.8. The summed E-state index contributed by atoms with van der Waals surface area (Å²) in [5, 5.41) is 11.5. The van der Waals surface area contributed by atoms with E-state index >= 15 is 0 Å². The van der Waals surface area contributed by atoms with Crippen molar-refractivity contribution >= 4 is 0 Å². The van der Waals surface area contributed by atoms with Crippen molar-refractivity contribution in [2.24, 2.45) is 11.8 Å². The van der Waals surface area contributed by atoms with E-state index in [9.17, 15) is 5.11 Å². The Balaban J connectivity index is 1.61. The zero-order valence-corrected chi connectivity index (χ0v) is 18.8. The van der Waals surface area contributed by atoms with Crippen LogP contribution in [0.5, 0.6) is 11.5 Å². The second-order valence-corrected chi connectivity index (χ2v) is 8.62. The summed E-state index contributed by atoms with van der Waals surface area (Å²) in [6.07, 6.45) is 7.51. The molecular weight excluding hydrogens is 386 g/mol. The van der Waals surface area contributed by atoms with Crippen LogP contribution in [0.25, 0.3) is 0 Å². The highest BCUT2D eigenvalue weighted by Crippen LogP contribution is 2.39. The Labute approximate surface area is 185 Å². The Kier molecular flexibility index (Phi) is 6.67. The van der Waals surface area contributed by atoms with E-state index in [0.29, 0.717) is 5.92 Å². The smallest absolute Gasteiger partial charge is 0.126 e. The third-order valence-corrected chi connectivity index (χ3v) is 6.65. The summed E-state index contributed by atoms with van der Waals surface area (Å²) in [5.41, 5.74) is 4.81. The molecule has 4 nitrogen and oxygen atoms in total. The van der Waals surface area contributed by atoms with E-state index in [1.54, 1.807) is 14.2 Å². The number of benzene rings is 2. The standard InChI is InChI=1S/C27H33NO3/c1-4-24-25(30-2)16-22(17-26(24)31-3)27(29)23(18-28-11-7-8-12-28)15-19-13-20-9-5-6-10-21(20)14-19/h5-12,16-17,19,23,27,29H,4,13-15,18H2,1-3H3/t23-,27-/m1/s1. The Hall–Kier alpha value is -2.72. The number of methoxy groups -OCH3 is 2. The number of aliphatic hydroxyl groups is 1. The van der Waals surface area contributed by atoms with Gasteiger partial charge in [-0.2, -0.15) is 0 Å². The molecule has 0 fully saturated rings. The van der Waals surface area contributed by atoms with Gasteiger partial charge in [0.1, 0.15) is 11.5 Å². The van der Waals surface area contributed by atoms with Crippen molar-refractivity contribution in [3.8, 4) is 11.5 Å². The average molecular weight is 420 g/mol. The topological polar surface area (TPSA) is 43.6 Å². The Bertz CT molecular complexity index is 945. The van der Waals surface area contributed by atoms with Crippen molar-refractivity contribution < 1.29 is 14.6 Å². The van der Waals surface area contributed by atoms with Gasteiger partial charge in [0.15, 0.2) is 0 Å². The zero-order valence-electron chi connectivity index (χ0n) is 18.8. The van der Waals surface area contributed by atoms with Gasteiger partial charge in [0.05, 0.1) is 20.3 Å². The summed E-state index contributed by atoms with van der Waals surface area (Å²) < 4.78 is 13.4. The molecule has 3 aromatic rings. The van der Waals surface area contributed by atoms with Crippen LogP contribution in [0, 0.1) is 11.8 Å². The number of fused-ring (bicyclic) bond motifs is 1. The maximum Gasteiger partial charge on any atom is 0.126 e. The van der Waals surface area contributed by atoms with Crippen LogP contribution in [0.1, 0.15) is 41.7 Å². The third-order valence-electron chi connectivity index (χ3n) is 6.65. The molecule has 0 saturated heterocycles. The van der Waals surface area contributed by atoms with E-state index < -0.39 is 6.10 Å². The van der Waals surface area contributed by atoms with Crippen LogP contribution >= 0.6 is 0 Å². The molecule has 2 aromatic carbocycles. The van der Waals surface area contributed by atoms with Crippen molar-refractivity contribution in [2.75, 3.05) is 14.2 Å². The summed E-state index contributed by atoms with van der Waals surface area (Å²) >= 11 is 0. The minimum Gasteiger partial charge on any atom is -0.496 e. The monoisotopic (exact) mass is 419 g/mol. The molecule has 0 aliphatic heterocycles. The number of aromatic nitrogens is 1. The molecule has 1 N–H and O–H groups in total. The number of nitrogens with zero attached hydrogens (tertiary/aromatic N) is 1. The Morgan fingerprint density at radius 2 is 1.55 bits per heavy atom. The lowest BCUT2D eigenvalue weighted by Gasteiger charge is -2.27. The lowest BCUT2D eigenvalue weighted by Crippen LogP contribution is -2.22. The third kappa shape index (κ3) is 4.64. The lowest BCUT2D eigenvalue weighted by molar-refractivity contribution is 0.0815. The highest BCUT2D eigenvalue weighted by molar-refractivity contribution is 5.49. The molecule has 0 unspecified atom stereocenters. The molecule has 0 bridgehead atoms. The van der Waals surface area contributed by atoms with Crippen molar-refractivity contribution in [1.29, 1.82) is 0 Å².